The van der Waals surface area contributed by atoms with Gasteiger partial charge in [-0.05, 0) is 186 Å². The fourth-order valence-electron chi connectivity index (χ4n) is 18.4. The predicted molar refractivity (Wildman–Crippen MR) is 284 cm³/mol. The third-order valence-corrected chi connectivity index (χ3v) is 22.3. The number of fused-ring (bicyclic) bond motifs is 4. The quantitative estimate of drug-likeness (QED) is 0.120. The standard InChI is InChI=1S/C65H90O7/c1-47(18-16-21-48-19-8-4-9-20-48)24-25-54(66)65-55(67)30-37-60(3,51-28-39-61(40-29-51)38-26-50(43-61)44-63(34-14-7-15-35-63)52-22-10-5-11-23-52)57(65)53-45-59(2,64(65,70)41-27-49-42-56(68)71-46-49)31-17-36-62(58(69)72-53)32-12-6-13-33-62/h4-5,8-11,19-20,22-23,42,47,50-51,53-55,57,66-67,70H,6-7,12-16,18,21,24-30,32-41,43-46H2,1-3H3. The molecule has 10 unspecified atom stereocenters. The minimum absolute atomic E-state index is 0.161. The van der Waals surface area contributed by atoms with E-state index >= 15 is 4.79 Å². The minimum atomic E-state index is -1.70. The van der Waals surface area contributed by atoms with Gasteiger partial charge in [-0.2, -0.15) is 0 Å². The van der Waals surface area contributed by atoms with Crippen LogP contribution < -0.4 is 0 Å². The Hall–Kier alpha value is -3.44. The monoisotopic (exact) mass is 983 g/mol. The maximum atomic E-state index is 15.2. The first-order chi connectivity index (χ1) is 34.7. The topological polar surface area (TPSA) is 113 Å². The molecule has 10 rings (SSSR count). The van der Waals surface area contributed by atoms with E-state index in [2.05, 4.69) is 86.4 Å². The lowest BCUT2D eigenvalue weighted by Gasteiger charge is -2.72. The molecule has 392 valence electrons. The minimum Gasteiger partial charge on any atom is -0.462 e. The normalized spacial score (nSPS) is 38.0. The number of carbonyl (C=O) groups excluding carboxylic acids is 2. The van der Waals surface area contributed by atoms with Gasteiger partial charge in [-0.3, -0.25) is 4.79 Å². The summed E-state index contributed by atoms with van der Waals surface area (Å²) in [5, 5.41) is 41.4. The van der Waals surface area contributed by atoms with E-state index in [1.807, 2.05) is 6.92 Å². The van der Waals surface area contributed by atoms with Crippen LogP contribution in [0, 0.1) is 62.6 Å². The van der Waals surface area contributed by atoms with Crippen molar-refractivity contribution in [2.45, 2.75) is 236 Å². The Kier molecular flexibility index (Phi) is 15.1. The van der Waals surface area contributed by atoms with Crippen LogP contribution in [0.2, 0.25) is 0 Å². The third kappa shape index (κ3) is 9.50. The van der Waals surface area contributed by atoms with Crippen LogP contribution in [0.5, 0.6) is 0 Å². The van der Waals surface area contributed by atoms with Crippen LogP contribution in [0.1, 0.15) is 212 Å². The number of benzene rings is 2. The van der Waals surface area contributed by atoms with Crippen molar-refractivity contribution >= 4 is 11.9 Å². The van der Waals surface area contributed by atoms with E-state index in [9.17, 15) is 20.1 Å². The average molecular weight is 983 g/mol. The highest BCUT2D eigenvalue weighted by Gasteiger charge is 2.78. The second-order valence-corrected chi connectivity index (χ2v) is 26.4. The van der Waals surface area contributed by atoms with Gasteiger partial charge in [0, 0.05) is 24.8 Å². The molecule has 0 radical (unpaired) electrons. The van der Waals surface area contributed by atoms with Crippen molar-refractivity contribution in [1.29, 1.82) is 0 Å². The molecule has 6 aliphatic carbocycles. The molecule has 2 bridgehead atoms. The Balaban J connectivity index is 0.989. The molecule has 7 nitrogen and oxygen atoms in total. The van der Waals surface area contributed by atoms with Crippen LogP contribution >= 0.6 is 0 Å². The van der Waals surface area contributed by atoms with Gasteiger partial charge in [-0.1, -0.05) is 125 Å². The van der Waals surface area contributed by atoms with E-state index in [1.54, 1.807) is 11.6 Å². The molecule has 7 heteroatoms. The summed E-state index contributed by atoms with van der Waals surface area (Å²) >= 11 is 0. The van der Waals surface area contributed by atoms with Crippen molar-refractivity contribution in [3.8, 4) is 11.8 Å². The van der Waals surface area contributed by atoms with Crippen molar-refractivity contribution in [1.82, 2.24) is 0 Å². The number of aryl methyl sites for hydroxylation is 1. The lowest BCUT2D eigenvalue weighted by atomic mass is 9.35. The third-order valence-electron chi connectivity index (χ3n) is 22.3. The summed E-state index contributed by atoms with van der Waals surface area (Å²) in [6, 6.07) is 22.1. The summed E-state index contributed by atoms with van der Waals surface area (Å²) in [5.74, 6) is 7.51. The second kappa shape index (κ2) is 20.9. The Morgan fingerprint density at radius 2 is 1.44 bits per heavy atom. The van der Waals surface area contributed by atoms with Crippen molar-refractivity contribution < 1.29 is 34.4 Å². The van der Waals surface area contributed by atoms with E-state index < -0.39 is 51.5 Å². The van der Waals surface area contributed by atoms with Gasteiger partial charge in [0.15, 0.2) is 0 Å². The largest absolute Gasteiger partial charge is 0.462 e. The zero-order valence-electron chi connectivity index (χ0n) is 44.6. The Morgan fingerprint density at radius 3 is 2.14 bits per heavy atom. The Morgan fingerprint density at radius 1 is 0.764 bits per heavy atom. The summed E-state index contributed by atoms with van der Waals surface area (Å²) in [5.41, 5.74) is -1.12. The number of hydrogen-bond donors (Lipinski definition) is 3. The smallest absolute Gasteiger partial charge is 0.331 e. The number of hydrogen-bond acceptors (Lipinski definition) is 7. The fraction of sp³-hybridized carbons (Fsp3) is 0.723. The van der Waals surface area contributed by atoms with Gasteiger partial charge < -0.3 is 24.8 Å². The summed E-state index contributed by atoms with van der Waals surface area (Å²) in [6.45, 7) is 6.91. The molecular formula is C65H90O7. The van der Waals surface area contributed by atoms with Gasteiger partial charge in [-0.15, -0.1) is 5.92 Å². The molecule has 2 aliphatic heterocycles. The molecule has 2 aromatic rings. The summed E-state index contributed by atoms with van der Waals surface area (Å²) in [4.78, 5) is 27.7. The van der Waals surface area contributed by atoms with E-state index in [0.717, 1.165) is 88.5 Å². The van der Waals surface area contributed by atoms with E-state index in [0.29, 0.717) is 48.9 Å². The van der Waals surface area contributed by atoms with E-state index in [1.165, 1.54) is 76.2 Å². The molecule has 6 saturated carbocycles. The number of aliphatic hydroxyl groups is 3. The molecular weight excluding hydrogens is 893 g/mol. The number of carbonyl (C=O) groups is 2. The first-order valence-corrected chi connectivity index (χ1v) is 29.4. The van der Waals surface area contributed by atoms with E-state index in [4.69, 9.17) is 9.47 Å². The lowest BCUT2D eigenvalue weighted by Crippen LogP contribution is -2.79. The highest BCUT2D eigenvalue weighted by atomic mass is 16.5. The number of esters is 2. The SMILES string of the molecule is CC(CCCc1ccccc1)CCC(O)C12C(O)CCC(C)(C3CCC4(CCC(CC5(c6ccccc6)CCCCC5)C4)CC3)C1C1CC(C)(C#CCC3(CCCCC3)C(=O)O1)C2(O)CCC1=CC(=O)OC1. The molecule has 0 amide bonds. The second-order valence-electron chi connectivity index (χ2n) is 26.4. The predicted octanol–water partition coefficient (Wildman–Crippen LogP) is 13.5. The zero-order chi connectivity index (χ0) is 50.2. The van der Waals surface area contributed by atoms with Crippen LogP contribution in [-0.4, -0.2) is 57.8 Å². The molecule has 10 atom stereocenters. The molecule has 2 spiro atoms. The number of aliphatic hydroxyl groups excluding tert-OH is 2. The van der Waals surface area contributed by atoms with Gasteiger partial charge >= 0.3 is 11.9 Å². The molecule has 8 aliphatic rings. The van der Waals surface area contributed by atoms with Crippen molar-refractivity contribution in [2.75, 3.05) is 6.61 Å². The molecule has 0 saturated heterocycles. The molecule has 72 heavy (non-hydrogen) atoms. The Bertz CT molecular complexity index is 2290. The number of ether oxygens (including phenoxy) is 2. The first kappa shape index (κ1) is 52.0. The molecule has 2 aromatic carbocycles. The lowest BCUT2D eigenvalue weighted by molar-refractivity contribution is -0.339. The fourth-order valence-corrected chi connectivity index (χ4v) is 18.4. The van der Waals surface area contributed by atoms with Crippen LogP contribution in [0.4, 0.5) is 0 Å². The first-order valence-electron chi connectivity index (χ1n) is 29.4. The zero-order valence-corrected chi connectivity index (χ0v) is 44.6. The maximum absolute atomic E-state index is 15.2. The molecule has 3 N–H and O–H groups in total. The van der Waals surface area contributed by atoms with Crippen LogP contribution in [-0.2, 0) is 30.9 Å². The summed E-state index contributed by atoms with van der Waals surface area (Å²) in [7, 11) is 0. The van der Waals surface area contributed by atoms with Gasteiger partial charge in [-0.25, -0.2) is 4.79 Å². The van der Waals surface area contributed by atoms with Gasteiger partial charge in [0.1, 0.15) is 12.7 Å². The van der Waals surface area contributed by atoms with E-state index in [-0.39, 0.29) is 30.9 Å². The highest BCUT2D eigenvalue weighted by molar-refractivity contribution is 5.85. The Labute approximate surface area is 433 Å². The molecule has 6 fully saturated rings. The summed E-state index contributed by atoms with van der Waals surface area (Å²) < 4.78 is 12.6. The number of rotatable bonds is 15. The van der Waals surface area contributed by atoms with Gasteiger partial charge in [0.05, 0.1) is 34.1 Å². The van der Waals surface area contributed by atoms with Crippen molar-refractivity contribution in [3.05, 3.63) is 83.4 Å². The summed E-state index contributed by atoms with van der Waals surface area (Å²) in [6.07, 6.45) is 26.3. The maximum Gasteiger partial charge on any atom is 0.331 e. The van der Waals surface area contributed by atoms with Crippen LogP contribution in [0.25, 0.3) is 0 Å². The van der Waals surface area contributed by atoms with Gasteiger partial charge in [0.25, 0.3) is 0 Å². The van der Waals surface area contributed by atoms with Crippen molar-refractivity contribution in [2.24, 2.45) is 50.7 Å². The highest BCUT2D eigenvalue weighted by Crippen LogP contribution is 2.73. The molecule has 0 aromatic heterocycles. The van der Waals surface area contributed by atoms with Crippen molar-refractivity contribution in [3.63, 3.8) is 0 Å². The molecule has 2 heterocycles. The average Bonchev–Trinajstić information content (AvgIpc) is 4.00. The van der Waals surface area contributed by atoms with Crippen LogP contribution in [0.3, 0.4) is 0 Å². The number of cyclic esters (lactones) is 1. The van der Waals surface area contributed by atoms with Gasteiger partial charge in [0.2, 0.25) is 0 Å². The van der Waals surface area contributed by atoms with Crippen LogP contribution in [0.15, 0.2) is 72.3 Å².